The Morgan fingerprint density at radius 2 is 1.86 bits per heavy atom. The lowest BCUT2D eigenvalue weighted by atomic mass is 9.87. The molecule has 0 radical (unpaired) electrons. The first-order valence-corrected chi connectivity index (χ1v) is 7.59. The molecule has 2 aromatic heterocycles. The molecule has 1 aromatic carbocycles. The summed E-state index contributed by atoms with van der Waals surface area (Å²) in [5, 5.41) is 3.33. The lowest BCUT2D eigenvalue weighted by Crippen LogP contribution is -2.10. The van der Waals surface area contributed by atoms with E-state index in [1.54, 1.807) is 6.20 Å². The predicted octanol–water partition coefficient (Wildman–Crippen LogP) is 4.53. The van der Waals surface area contributed by atoms with Crippen molar-refractivity contribution in [2.24, 2.45) is 0 Å². The maximum absolute atomic E-state index is 4.46. The zero-order valence-electron chi connectivity index (χ0n) is 12.3. The summed E-state index contributed by atoms with van der Waals surface area (Å²) in [6, 6.07) is 8.43. The van der Waals surface area contributed by atoms with Crippen molar-refractivity contribution in [3.05, 3.63) is 53.0 Å². The zero-order valence-corrected chi connectivity index (χ0v) is 13.8. The van der Waals surface area contributed by atoms with Crippen molar-refractivity contribution >= 4 is 33.1 Å². The number of anilines is 2. The molecule has 0 aliphatic carbocycles. The van der Waals surface area contributed by atoms with Crippen molar-refractivity contribution < 1.29 is 0 Å². The van der Waals surface area contributed by atoms with Crippen LogP contribution in [0.1, 0.15) is 26.3 Å². The molecule has 0 spiro atoms. The summed E-state index contributed by atoms with van der Waals surface area (Å²) in [4.78, 5) is 8.79. The van der Waals surface area contributed by atoms with Crippen LogP contribution in [-0.4, -0.2) is 14.4 Å². The Morgan fingerprint density at radius 3 is 2.52 bits per heavy atom. The second-order valence-corrected chi connectivity index (χ2v) is 6.84. The summed E-state index contributed by atoms with van der Waals surface area (Å²) in [5.41, 5.74) is 3.26. The van der Waals surface area contributed by atoms with E-state index in [0.29, 0.717) is 0 Å². The van der Waals surface area contributed by atoms with Gasteiger partial charge >= 0.3 is 0 Å². The number of rotatable bonds is 2. The standard InChI is InChI=1S/C16H17BrN4/c1-16(2,3)11-4-6-12(7-5-11)19-14-15-18-8-9-21(15)10-13(17)20-14/h4-10H,1-3H3,(H,19,20). The van der Waals surface area contributed by atoms with Crippen LogP contribution in [0, 0.1) is 0 Å². The van der Waals surface area contributed by atoms with E-state index in [4.69, 9.17) is 0 Å². The predicted molar refractivity (Wildman–Crippen MR) is 89.1 cm³/mol. The van der Waals surface area contributed by atoms with E-state index in [1.165, 1.54) is 5.56 Å². The van der Waals surface area contributed by atoms with E-state index in [9.17, 15) is 0 Å². The molecule has 4 nitrogen and oxygen atoms in total. The first-order chi connectivity index (χ1) is 9.93. The lowest BCUT2D eigenvalue weighted by molar-refractivity contribution is 0.590. The smallest absolute Gasteiger partial charge is 0.180 e. The zero-order chi connectivity index (χ0) is 15.0. The monoisotopic (exact) mass is 344 g/mol. The maximum atomic E-state index is 4.46. The molecule has 1 N–H and O–H groups in total. The molecule has 0 atom stereocenters. The minimum absolute atomic E-state index is 0.156. The van der Waals surface area contributed by atoms with Crippen LogP contribution in [0.3, 0.4) is 0 Å². The summed E-state index contributed by atoms with van der Waals surface area (Å²) in [7, 11) is 0. The van der Waals surface area contributed by atoms with E-state index in [0.717, 1.165) is 21.8 Å². The second-order valence-electron chi connectivity index (χ2n) is 6.02. The maximum Gasteiger partial charge on any atom is 0.180 e. The summed E-state index contributed by atoms with van der Waals surface area (Å²) in [6.45, 7) is 6.62. The van der Waals surface area contributed by atoms with Crippen molar-refractivity contribution in [1.29, 1.82) is 0 Å². The molecule has 0 saturated heterocycles. The Morgan fingerprint density at radius 1 is 1.14 bits per heavy atom. The highest BCUT2D eigenvalue weighted by Crippen LogP contribution is 2.26. The van der Waals surface area contributed by atoms with Gasteiger partial charge in [0.15, 0.2) is 11.5 Å². The Hall–Kier alpha value is -1.88. The van der Waals surface area contributed by atoms with Gasteiger partial charge in [0, 0.05) is 24.3 Å². The highest BCUT2D eigenvalue weighted by molar-refractivity contribution is 9.10. The minimum Gasteiger partial charge on any atom is -0.337 e. The molecule has 0 amide bonds. The van der Waals surface area contributed by atoms with Crippen molar-refractivity contribution in [3.63, 3.8) is 0 Å². The van der Waals surface area contributed by atoms with Gasteiger partial charge in [-0.2, -0.15) is 0 Å². The van der Waals surface area contributed by atoms with Crippen LogP contribution in [0.15, 0.2) is 47.5 Å². The summed E-state index contributed by atoms with van der Waals surface area (Å²) in [5.74, 6) is 0.734. The molecule has 21 heavy (non-hydrogen) atoms. The van der Waals surface area contributed by atoms with Gasteiger partial charge in [-0.3, -0.25) is 0 Å². The van der Waals surface area contributed by atoms with Gasteiger partial charge in [0.05, 0.1) is 0 Å². The Bertz CT molecular complexity index is 769. The second kappa shape index (κ2) is 5.15. The van der Waals surface area contributed by atoms with Crippen LogP contribution < -0.4 is 5.32 Å². The fourth-order valence-electron chi connectivity index (χ4n) is 2.18. The van der Waals surface area contributed by atoms with Crippen LogP contribution in [0.5, 0.6) is 0 Å². The van der Waals surface area contributed by atoms with Crippen LogP contribution in [0.2, 0.25) is 0 Å². The molecule has 0 aliphatic rings. The fraction of sp³-hybridized carbons (Fsp3) is 0.250. The van der Waals surface area contributed by atoms with Gasteiger partial charge in [-0.25, -0.2) is 9.97 Å². The van der Waals surface area contributed by atoms with Crippen molar-refractivity contribution in [1.82, 2.24) is 14.4 Å². The number of imidazole rings is 1. The molecule has 3 rings (SSSR count). The van der Waals surface area contributed by atoms with Crippen LogP contribution in [0.25, 0.3) is 5.65 Å². The number of hydrogen-bond donors (Lipinski definition) is 1. The molecule has 0 aliphatic heterocycles. The number of halogens is 1. The molecule has 5 heteroatoms. The molecule has 0 fully saturated rings. The molecule has 108 valence electrons. The number of aromatic nitrogens is 3. The van der Waals surface area contributed by atoms with E-state index < -0.39 is 0 Å². The first-order valence-electron chi connectivity index (χ1n) is 6.80. The highest BCUT2D eigenvalue weighted by atomic mass is 79.9. The highest BCUT2D eigenvalue weighted by Gasteiger charge is 2.13. The SMILES string of the molecule is CC(C)(C)c1ccc(Nc2nc(Br)cn3ccnc23)cc1. The molecule has 0 saturated carbocycles. The largest absolute Gasteiger partial charge is 0.337 e. The Labute approximate surface area is 132 Å². The molecule has 0 unspecified atom stereocenters. The van der Waals surface area contributed by atoms with Crippen molar-refractivity contribution in [3.8, 4) is 0 Å². The number of nitrogens with one attached hydrogen (secondary N) is 1. The lowest BCUT2D eigenvalue weighted by Gasteiger charge is -2.19. The van der Waals surface area contributed by atoms with Gasteiger partial charge in [-0.15, -0.1) is 0 Å². The van der Waals surface area contributed by atoms with Gasteiger partial charge in [-0.05, 0) is 39.0 Å². The van der Waals surface area contributed by atoms with E-state index >= 15 is 0 Å². The number of fused-ring (bicyclic) bond motifs is 1. The van der Waals surface area contributed by atoms with Gasteiger partial charge in [-0.1, -0.05) is 32.9 Å². The van der Waals surface area contributed by atoms with Crippen LogP contribution in [-0.2, 0) is 5.41 Å². The van der Waals surface area contributed by atoms with Gasteiger partial charge in [0.2, 0.25) is 0 Å². The average Bonchev–Trinajstić information content (AvgIpc) is 2.86. The van der Waals surface area contributed by atoms with Crippen LogP contribution in [0.4, 0.5) is 11.5 Å². The third kappa shape index (κ3) is 2.93. The average molecular weight is 345 g/mol. The molecular weight excluding hydrogens is 328 g/mol. The minimum atomic E-state index is 0.156. The normalized spacial score (nSPS) is 11.8. The molecule has 3 aromatic rings. The summed E-state index contributed by atoms with van der Waals surface area (Å²) >= 11 is 3.42. The summed E-state index contributed by atoms with van der Waals surface area (Å²) in [6.07, 6.45) is 5.54. The third-order valence-corrected chi connectivity index (χ3v) is 3.74. The van der Waals surface area contributed by atoms with Gasteiger partial charge in [0.25, 0.3) is 0 Å². The van der Waals surface area contributed by atoms with E-state index in [1.807, 2.05) is 16.8 Å². The molecular formula is C16H17BrN4. The molecule has 0 bridgehead atoms. The van der Waals surface area contributed by atoms with Crippen molar-refractivity contribution in [2.45, 2.75) is 26.2 Å². The Balaban J connectivity index is 1.93. The fourth-order valence-corrected chi connectivity index (χ4v) is 2.57. The van der Waals surface area contributed by atoms with Crippen LogP contribution >= 0.6 is 15.9 Å². The number of nitrogens with zero attached hydrogens (tertiary/aromatic N) is 3. The van der Waals surface area contributed by atoms with E-state index in [2.05, 4.69) is 76.3 Å². The topological polar surface area (TPSA) is 42.2 Å². The number of hydrogen-bond acceptors (Lipinski definition) is 3. The van der Waals surface area contributed by atoms with Crippen molar-refractivity contribution in [2.75, 3.05) is 5.32 Å². The van der Waals surface area contributed by atoms with Gasteiger partial charge < -0.3 is 9.72 Å². The van der Waals surface area contributed by atoms with Gasteiger partial charge in [0.1, 0.15) is 4.60 Å². The summed E-state index contributed by atoms with van der Waals surface area (Å²) < 4.78 is 2.70. The number of benzene rings is 1. The van der Waals surface area contributed by atoms with E-state index in [-0.39, 0.29) is 5.41 Å². The third-order valence-electron chi connectivity index (χ3n) is 3.36. The first kappa shape index (κ1) is 14.1. The Kier molecular flexibility index (Phi) is 3.45. The quantitative estimate of drug-likeness (QED) is 0.742. The molecule has 2 heterocycles.